The number of carbonyl (C=O) groups is 2. The van der Waals surface area contributed by atoms with E-state index in [0.717, 1.165) is 0 Å². The highest BCUT2D eigenvalue weighted by molar-refractivity contribution is 5.93. The Morgan fingerprint density at radius 1 is 1.10 bits per heavy atom. The van der Waals surface area contributed by atoms with Crippen LogP contribution in [0.5, 0.6) is 11.8 Å². The minimum absolute atomic E-state index is 0.132. The van der Waals surface area contributed by atoms with Crippen molar-refractivity contribution >= 4 is 17.6 Å². The summed E-state index contributed by atoms with van der Waals surface area (Å²) in [6.07, 6.45) is 0.357. The molecule has 0 bridgehead atoms. The average Bonchev–Trinajstić information content (AvgIpc) is 2.79. The van der Waals surface area contributed by atoms with Gasteiger partial charge in [0, 0.05) is 24.2 Å². The zero-order chi connectivity index (χ0) is 15.4. The van der Waals surface area contributed by atoms with Gasteiger partial charge < -0.3 is 20.4 Å². The van der Waals surface area contributed by atoms with Crippen LogP contribution in [0.3, 0.4) is 0 Å². The van der Waals surface area contributed by atoms with Crippen molar-refractivity contribution in [3.63, 3.8) is 0 Å². The maximum Gasteiger partial charge on any atom is 0.363 e. The fourth-order valence-corrected chi connectivity index (χ4v) is 1.57. The van der Waals surface area contributed by atoms with Gasteiger partial charge in [-0.1, -0.05) is 6.92 Å². The van der Waals surface area contributed by atoms with Crippen LogP contribution in [-0.4, -0.2) is 26.8 Å². The lowest BCUT2D eigenvalue weighted by Gasteiger charge is -2.08. The van der Waals surface area contributed by atoms with Gasteiger partial charge in [0.15, 0.2) is 0 Å². The summed E-state index contributed by atoms with van der Waals surface area (Å²) in [6, 6.07) is 8.41. The van der Waals surface area contributed by atoms with Crippen LogP contribution in [0.1, 0.15) is 23.7 Å². The maximum atomic E-state index is 11.9. The van der Waals surface area contributed by atoms with Gasteiger partial charge in [0.05, 0.1) is 5.56 Å². The van der Waals surface area contributed by atoms with E-state index in [4.69, 9.17) is 4.84 Å². The molecular weight excluding hydrogens is 276 g/mol. The number of benzene rings is 1. The SMILES string of the molecule is CCC(=O)Nc1ccc(C(=O)On2c(O)ccc2O)cc1. The molecule has 1 aromatic heterocycles. The summed E-state index contributed by atoms with van der Waals surface area (Å²) in [7, 11) is 0. The van der Waals surface area contributed by atoms with E-state index in [-0.39, 0.29) is 11.5 Å². The maximum absolute atomic E-state index is 11.9. The van der Waals surface area contributed by atoms with E-state index in [2.05, 4.69) is 5.32 Å². The smallest absolute Gasteiger partial charge is 0.363 e. The predicted octanol–water partition coefficient (Wildman–Crippen LogP) is 1.52. The van der Waals surface area contributed by atoms with Gasteiger partial charge in [-0.3, -0.25) is 4.79 Å². The molecule has 110 valence electrons. The molecule has 1 aromatic carbocycles. The molecule has 0 saturated heterocycles. The fourth-order valence-electron chi connectivity index (χ4n) is 1.57. The van der Waals surface area contributed by atoms with Gasteiger partial charge in [-0.15, -0.1) is 4.73 Å². The Labute approximate surface area is 120 Å². The predicted molar refractivity (Wildman–Crippen MR) is 74.0 cm³/mol. The van der Waals surface area contributed by atoms with Crippen molar-refractivity contribution in [1.82, 2.24) is 4.73 Å². The molecule has 0 aliphatic heterocycles. The standard InChI is InChI=1S/C14H14N2O5/c1-2-11(17)15-10-5-3-9(4-6-10)14(20)21-16-12(18)7-8-13(16)19/h3-8,18-19H,2H2,1H3,(H,15,17). The minimum atomic E-state index is -0.759. The largest absolute Gasteiger partial charge is 0.492 e. The molecule has 7 nitrogen and oxygen atoms in total. The topological polar surface area (TPSA) is 101 Å². The summed E-state index contributed by atoms with van der Waals surface area (Å²) >= 11 is 0. The van der Waals surface area contributed by atoms with Gasteiger partial charge in [0.2, 0.25) is 17.7 Å². The minimum Gasteiger partial charge on any atom is -0.492 e. The number of rotatable bonds is 4. The molecule has 2 aromatic rings. The van der Waals surface area contributed by atoms with Crippen molar-refractivity contribution in [2.75, 3.05) is 5.32 Å². The van der Waals surface area contributed by atoms with Crippen LogP contribution in [-0.2, 0) is 4.79 Å². The number of nitrogens with zero attached hydrogens (tertiary/aromatic N) is 1. The summed E-state index contributed by atoms with van der Waals surface area (Å²) in [4.78, 5) is 27.9. The lowest BCUT2D eigenvalue weighted by atomic mass is 10.2. The Hall–Kier alpha value is -2.96. The number of hydrogen-bond acceptors (Lipinski definition) is 5. The third kappa shape index (κ3) is 3.33. The van der Waals surface area contributed by atoms with Crippen LogP contribution in [0, 0.1) is 0 Å². The first-order valence-electron chi connectivity index (χ1n) is 6.23. The molecule has 7 heteroatoms. The molecule has 0 fully saturated rings. The number of amides is 1. The highest BCUT2D eigenvalue weighted by Gasteiger charge is 2.14. The van der Waals surface area contributed by atoms with Gasteiger partial charge >= 0.3 is 5.97 Å². The van der Waals surface area contributed by atoms with Crippen molar-refractivity contribution in [3.8, 4) is 11.8 Å². The first-order chi connectivity index (χ1) is 10.0. The summed E-state index contributed by atoms with van der Waals surface area (Å²) in [5.41, 5.74) is 0.766. The average molecular weight is 290 g/mol. The van der Waals surface area contributed by atoms with Crippen LogP contribution < -0.4 is 10.2 Å². The molecule has 0 aliphatic carbocycles. The molecule has 21 heavy (non-hydrogen) atoms. The van der Waals surface area contributed by atoms with Gasteiger partial charge in [-0.2, -0.15) is 0 Å². The van der Waals surface area contributed by atoms with E-state index in [1.54, 1.807) is 19.1 Å². The van der Waals surface area contributed by atoms with Crippen molar-refractivity contribution in [2.45, 2.75) is 13.3 Å². The molecular formula is C14H14N2O5. The van der Waals surface area contributed by atoms with Crippen LogP contribution >= 0.6 is 0 Å². The lowest BCUT2D eigenvalue weighted by molar-refractivity contribution is -0.115. The van der Waals surface area contributed by atoms with Gasteiger partial charge in [0.1, 0.15) is 0 Å². The Balaban J connectivity index is 2.08. The molecule has 0 spiro atoms. The Bertz CT molecular complexity index is 641. The van der Waals surface area contributed by atoms with Crippen LogP contribution in [0.2, 0.25) is 0 Å². The summed E-state index contributed by atoms with van der Waals surface area (Å²) < 4.78 is 0.606. The second-order valence-corrected chi connectivity index (χ2v) is 4.20. The Morgan fingerprint density at radius 3 is 2.19 bits per heavy atom. The molecule has 0 unspecified atom stereocenters. The summed E-state index contributed by atoms with van der Waals surface area (Å²) in [5.74, 6) is -1.68. The second kappa shape index (κ2) is 6.00. The fraction of sp³-hybridized carbons (Fsp3) is 0.143. The summed E-state index contributed by atoms with van der Waals surface area (Å²) in [5, 5.41) is 21.4. The molecule has 0 aliphatic rings. The zero-order valence-corrected chi connectivity index (χ0v) is 11.2. The first kappa shape index (κ1) is 14.4. The molecule has 3 N–H and O–H groups in total. The van der Waals surface area contributed by atoms with E-state index in [9.17, 15) is 19.8 Å². The molecule has 1 heterocycles. The van der Waals surface area contributed by atoms with E-state index >= 15 is 0 Å². The lowest BCUT2D eigenvalue weighted by Crippen LogP contribution is -2.19. The van der Waals surface area contributed by atoms with Crippen LogP contribution in [0.15, 0.2) is 36.4 Å². The number of aromatic hydroxyl groups is 2. The highest BCUT2D eigenvalue weighted by Crippen LogP contribution is 2.19. The van der Waals surface area contributed by atoms with E-state index in [1.807, 2.05) is 0 Å². The quantitative estimate of drug-likeness (QED) is 0.792. The van der Waals surface area contributed by atoms with E-state index in [1.165, 1.54) is 24.3 Å². The molecule has 0 saturated carbocycles. The Kier molecular flexibility index (Phi) is 4.13. The third-order valence-electron chi connectivity index (χ3n) is 2.70. The molecule has 1 amide bonds. The summed E-state index contributed by atoms with van der Waals surface area (Å²) in [6.45, 7) is 1.73. The van der Waals surface area contributed by atoms with Gasteiger partial charge in [-0.05, 0) is 24.3 Å². The van der Waals surface area contributed by atoms with Gasteiger partial charge in [0.25, 0.3) is 0 Å². The number of nitrogens with one attached hydrogen (secondary N) is 1. The number of aromatic nitrogens is 1. The third-order valence-corrected chi connectivity index (χ3v) is 2.70. The van der Waals surface area contributed by atoms with E-state index in [0.29, 0.717) is 16.8 Å². The highest BCUT2D eigenvalue weighted by atomic mass is 16.7. The van der Waals surface area contributed by atoms with Crippen molar-refractivity contribution in [1.29, 1.82) is 0 Å². The first-order valence-corrected chi connectivity index (χ1v) is 6.23. The number of anilines is 1. The van der Waals surface area contributed by atoms with Crippen molar-refractivity contribution < 1.29 is 24.6 Å². The normalized spacial score (nSPS) is 10.1. The molecule has 0 atom stereocenters. The monoisotopic (exact) mass is 290 g/mol. The number of hydrogen-bond donors (Lipinski definition) is 3. The van der Waals surface area contributed by atoms with Gasteiger partial charge in [-0.25, -0.2) is 4.79 Å². The molecule has 2 rings (SSSR count). The van der Waals surface area contributed by atoms with Crippen LogP contribution in [0.25, 0.3) is 0 Å². The zero-order valence-electron chi connectivity index (χ0n) is 11.2. The van der Waals surface area contributed by atoms with Crippen LogP contribution in [0.4, 0.5) is 5.69 Å². The second-order valence-electron chi connectivity index (χ2n) is 4.20. The molecule has 0 radical (unpaired) electrons. The van der Waals surface area contributed by atoms with E-state index < -0.39 is 17.7 Å². The Morgan fingerprint density at radius 2 is 1.67 bits per heavy atom. The van der Waals surface area contributed by atoms with Crippen molar-refractivity contribution in [3.05, 3.63) is 42.0 Å². The van der Waals surface area contributed by atoms with Crippen molar-refractivity contribution in [2.24, 2.45) is 0 Å². The number of carbonyl (C=O) groups excluding carboxylic acids is 2.